The fourth-order valence-electron chi connectivity index (χ4n) is 3.08. The molecule has 1 fully saturated rings. The summed E-state index contributed by atoms with van der Waals surface area (Å²) < 4.78 is 10.6. The van der Waals surface area contributed by atoms with Gasteiger partial charge in [-0.1, -0.05) is 24.3 Å². The van der Waals surface area contributed by atoms with Crippen LogP contribution in [-0.2, 0) is 4.79 Å². The van der Waals surface area contributed by atoms with Gasteiger partial charge in [0.1, 0.15) is 5.70 Å². The molecule has 1 aliphatic heterocycles. The Bertz CT molecular complexity index is 890. The van der Waals surface area contributed by atoms with E-state index in [0.717, 1.165) is 18.7 Å². The van der Waals surface area contributed by atoms with Crippen LogP contribution >= 0.6 is 0 Å². The van der Waals surface area contributed by atoms with Crippen LogP contribution in [0.4, 0.5) is 0 Å². The number of hydrogen-bond donors (Lipinski definition) is 2. The number of hydrogen-bond acceptors (Lipinski definition) is 5. The largest absolute Gasteiger partial charge is 0.493 e. The maximum atomic E-state index is 13.1. The van der Waals surface area contributed by atoms with E-state index in [1.54, 1.807) is 67.7 Å². The van der Waals surface area contributed by atoms with Crippen molar-refractivity contribution >= 4 is 17.9 Å². The second kappa shape index (κ2) is 9.75. The molecule has 0 radical (unpaired) electrons. The van der Waals surface area contributed by atoms with Crippen molar-refractivity contribution in [3.05, 3.63) is 65.4 Å². The summed E-state index contributed by atoms with van der Waals surface area (Å²) in [7, 11) is 3.11. The molecule has 2 amide bonds. The van der Waals surface area contributed by atoms with Crippen molar-refractivity contribution in [2.24, 2.45) is 0 Å². The number of carbonyl (C=O) groups is 2. The summed E-state index contributed by atoms with van der Waals surface area (Å²) in [6.07, 6.45) is 1.66. The Hall–Kier alpha value is -3.32. The zero-order valence-corrected chi connectivity index (χ0v) is 16.6. The first-order chi connectivity index (χ1) is 14.1. The number of rotatable bonds is 6. The summed E-state index contributed by atoms with van der Waals surface area (Å²) in [6.45, 7) is 2.62. The predicted octanol–water partition coefficient (Wildman–Crippen LogP) is 1.91. The maximum Gasteiger partial charge on any atom is 0.270 e. The second-order valence-electron chi connectivity index (χ2n) is 6.53. The third kappa shape index (κ3) is 5.14. The van der Waals surface area contributed by atoms with Gasteiger partial charge in [-0.15, -0.1) is 0 Å². The van der Waals surface area contributed by atoms with Gasteiger partial charge in [0, 0.05) is 31.7 Å². The van der Waals surface area contributed by atoms with Crippen LogP contribution in [0.15, 0.2) is 54.2 Å². The predicted molar refractivity (Wildman–Crippen MR) is 111 cm³/mol. The minimum atomic E-state index is -0.333. The van der Waals surface area contributed by atoms with Gasteiger partial charge in [0.15, 0.2) is 11.5 Å². The topological polar surface area (TPSA) is 79.9 Å². The molecule has 0 atom stereocenters. The molecule has 0 aliphatic carbocycles. The molecule has 0 unspecified atom stereocenters. The van der Waals surface area contributed by atoms with Crippen LogP contribution in [0.5, 0.6) is 11.5 Å². The summed E-state index contributed by atoms with van der Waals surface area (Å²) in [6, 6.07) is 14.1. The van der Waals surface area contributed by atoms with Crippen LogP contribution in [-0.4, -0.2) is 57.1 Å². The molecule has 0 bridgehead atoms. The highest BCUT2D eigenvalue weighted by Crippen LogP contribution is 2.28. The van der Waals surface area contributed by atoms with Gasteiger partial charge < -0.3 is 25.0 Å². The summed E-state index contributed by atoms with van der Waals surface area (Å²) in [4.78, 5) is 27.5. The molecule has 2 aromatic rings. The van der Waals surface area contributed by atoms with Crippen LogP contribution in [0.2, 0.25) is 0 Å². The van der Waals surface area contributed by atoms with E-state index in [0.29, 0.717) is 30.2 Å². The van der Waals surface area contributed by atoms with Gasteiger partial charge in [-0.2, -0.15) is 0 Å². The van der Waals surface area contributed by atoms with Crippen molar-refractivity contribution in [1.29, 1.82) is 0 Å². The molecule has 152 valence electrons. The number of piperazine rings is 1. The zero-order chi connectivity index (χ0) is 20.6. The third-order valence-electron chi connectivity index (χ3n) is 4.64. The Labute approximate surface area is 170 Å². The highest BCUT2D eigenvalue weighted by molar-refractivity contribution is 6.05. The summed E-state index contributed by atoms with van der Waals surface area (Å²) in [5.74, 6) is 0.587. The number of nitrogens with one attached hydrogen (secondary N) is 2. The minimum absolute atomic E-state index is 0.216. The van der Waals surface area contributed by atoms with Crippen molar-refractivity contribution in [1.82, 2.24) is 15.5 Å². The number of carbonyl (C=O) groups excluding carboxylic acids is 2. The van der Waals surface area contributed by atoms with Crippen LogP contribution in [0.3, 0.4) is 0 Å². The van der Waals surface area contributed by atoms with Gasteiger partial charge in [0.2, 0.25) is 0 Å². The quantitative estimate of drug-likeness (QED) is 0.731. The number of ether oxygens (including phenoxy) is 2. The van der Waals surface area contributed by atoms with E-state index >= 15 is 0 Å². The minimum Gasteiger partial charge on any atom is -0.493 e. The van der Waals surface area contributed by atoms with E-state index in [1.807, 2.05) is 6.07 Å². The van der Waals surface area contributed by atoms with Gasteiger partial charge in [0.05, 0.1) is 14.2 Å². The average Bonchev–Trinajstić information content (AvgIpc) is 2.79. The maximum absolute atomic E-state index is 13.1. The van der Waals surface area contributed by atoms with E-state index in [1.165, 1.54) is 0 Å². The lowest BCUT2D eigenvalue weighted by molar-refractivity contribution is -0.127. The summed E-state index contributed by atoms with van der Waals surface area (Å²) in [5, 5.41) is 6.00. The number of benzene rings is 2. The Balaban J connectivity index is 1.92. The lowest BCUT2D eigenvalue weighted by atomic mass is 10.1. The van der Waals surface area contributed by atoms with E-state index in [-0.39, 0.29) is 17.5 Å². The third-order valence-corrected chi connectivity index (χ3v) is 4.64. The normalized spacial score (nSPS) is 14.3. The molecule has 7 nitrogen and oxygen atoms in total. The standard InChI is InChI=1S/C22H25N3O4/c1-28-19-9-8-16(15-20(19)29-2)14-18(22(27)25-12-10-23-11-13-25)24-21(26)17-6-4-3-5-7-17/h3-9,14-15,23H,10-13H2,1-2H3,(H,24,26)/b18-14-. The van der Waals surface area contributed by atoms with Crippen molar-refractivity contribution in [3.63, 3.8) is 0 Å². The number of methoxy groups -OCH3 is 2. The van der Waals surface area contributed by atoms with Gasteiger partial charge in [0.25, 0.3) is 11.8 Å². The van der Waals surface area contributed by atoms with Crippen LogP contribution in [0.25, 0.3) is 6.08 Å². The fraction of sp³-hybridized carbons (Fsp3) is 0.273. The first-order valence-corrected chi connectivity index (χ1v) is 9.42. The molecule has 29 heavy (non-hydrogen) atoms. The monoisotopic (exact) mass is 395 g/mol. The van der Waals surface area contributed by atoms with E-state index in [4.69, 9.17) is 9.47 Å². The molecule has 2 aromatic carbocycles. The summed E-state index contributed by atoms with van der Waals surface area (Å²) >= 11 is 0. The Morgan fingerprint density at radius 3 is 2.34 bits per heavy atom. The van der Waals surface area contributed by atoms with Crippen molar-refractivity contribution < 1.29 is 19.1 Å². The summed E-state index contributed by atoms with van der Waals surface area (Å²) in [5.41, 5.74) is 1.42. The Morgan fingerprint density at radius 2 is 1.69 bits per heavy atom. The lowest BCUT2D eigenvalue weighted by Crippen LogP contribution is -2.48. The van der Waals surface area contributed by atoms with E-state index in [2.05, 4.69) is 10.6 Å². The second-order valence-corrected chi connectivity index (χ2v) is 6.53. The van der Waals surface area contributed by atoms with E-state index in [9.17, 15) is 9.59 Å². The molecule has 1 aliphatic rings. The van der Waals surface area contributed by atoms with Gasteiger partial charge >= 0.3 is 0 Å². The average molecular weight is 395 g/mol. The smallest absolute Gasteiger partial charge is 0.270 e. The highest BCUT2D eigenvalue weighted by Gasteiger charge is 2.22. The first-order valence-electron chi connectivity index (χ1n) is 9.42. The molecule has 3 rings (SSSR count). The molecule has 0 spiro atoms. The lowest BCUT2D eigenvalue weighted by Gasteiger charge is -2.28. The van der Waals surface area contributed by atoms with Crippen molar-refractivity contribution in [2.45, 2.75) is 0 Å². The molecule has 7 heteroatoms. The molecular weight excluding hydrogens is 370 g/mol. The van der Waals surface area contributed by atoms with Crippen LogP contribution in [0.1, 0.15) is 15.9 Å². The molecule has 0 aromatic heterocycles. The molecule has 2 N–H and O–H groups in total. The molecule has 1 heterocycles. The SMILES string of the molecule is COc1ccc(/C=C(\NC(=O)c2ccccc2)C(=O)N2CCNCC2)cc1OC. The van der Waals surface area contributed by atoms with Gasteiger partial charge in [-0.25, -0.2) is 0 Å². The fourth-order valence-corrected chi connectivity index (χ4v) is 3.08. The van der Waals surface area contributed by atoms with E-state index < -0.39 is 0 Å². The van der Waals surface area contributed by atoms with Gasteiger partial charge in [-0.05, 0) is 35.9 Å². The Morgan fingerprint density at radius 1 is 1.00 bits per heavy atom. The molecule has 1 saturated heterocycles. The molecule has 0 saturated carbocycles. The number of nitrogens with zero attached hydrogens (tertiary/aromatic N) is 1. The van der Waals surface area contributed by atoms with Crippen LogP contribution in [0, 0.1) is 0 Å². The van der Waals surface area contributed by atoms with Crippen molar-refractivity contribution in [2.75, 3.05) is 40.4 Å². The zero-order valence-electron chi connectivity index (χ0n) is 16.6. The molecular formula is C22H25N3O4. The van der Waals surface area contributed by atoms with Gasteiger partial charge in [-0.3, -0.25) is 9.59 Å². The van der Waals surface area contributed by atoms with Crippen molar-refractivity contribution in [3.8, 4) is 11.5 Å². The Kier molecular flexibility index (Phi) is 6.86. The highest BCUT2D eigenvalue weighted by atomic mass is 16.5. The van der Waals surface area contributed by atoms with Crippen LogP contribution < -0.4 is 20.1 Å². The first kappa shape index (κ1) is 20.4. The number of amides is 2.